The van der Waals surface area contributed by atoms with Crippen molar-refractivity contribution in [1.29, 1.82) is 0 Å². The number of fused-ring (bicyclic) bond motifs is 1. The van der Waals surface area contributed by atoms with Gasteiger partial charge >= 0.3 is 0 Å². The average Bonchev–Trinajstić information content (AvgIpc) is 3.29. The Morgan fingerprint density at radius 3 is 2.33 bits per heavy atom. The lowest BCUT2D eigenvalue weighted by Crippen LogP contribution is -2.38. The van der Waals surface area contributed by atoms with Gasteiger partial charge in [-0.1, -0.05) is 72.0 Å². The molecule has 2 amide bonds. The third-order valence-corrected chi connectivity index (χ3v) is 6.31. The molecular weight excluding hydrogens is 434 g/mol. The molecular formula is C26H25N3O3S. The molecule has 3 aromatic carbocycles. The summed E-state index contributed by atoms with van der Waals surface area (Å²) in [6.07, 6.45) is 0.0994. The zero-order chi connectivity index (χ0) is 23.0. The molecule has 1 N–H and O–H groups in total. The van der Waals surface area contributed by atoms with Crippen LogP contribution in [0.3, 0.4) is 0 Å². The van der Waals surface area contributed by atoms with Gasteiger partial charge in [0.25, 0.3) is 5.91 Å². The molecule has 33 heavy (non-hydrogen) atoms. The summed E-state index contributed by atoms with van der Waals surface area (Å²) in [5, 5.41) is 3.66. The maximum absolute atomic E-state index is 13.5. The molecule has 168 valence electrons. The first-order valence-electron chi connectivity index (χ1n) is 10.7. The van der Waals surface area contributed by atoms with Crippen molar-refractivity contribution in [3.63, 3.8) is 0 Å². The second-order valence-electron chi connectivity index (χ2n) is 7.51. The lowest BCUT2D eigenvalue weighted by molar-refractivity contribution is -0.119. The summed E-state index contributed by atoms with van der Waals surface area (Å²) >= 11 is 1.47. The lowest BCUT2D eigenvalue weighted by Gasteiger charge is -2.24. The predicted octanol–water partition coefficient (Wildman–Crippen LogP) is 4.84. The Kier molecular flexibility index (Phi) is 7.44. The summed E-state index contributed by atoms with van der Waals surface area (Å²) < 4.78 is 6.26. The van der Waals surface area contributed by atoms with Crippen molar-refractivity contribution >= 4 is 38.5 Å². The minimum absolute atomic E-state index is 0.0994. The van der Waals surface area contributed by atoms with Gasteiger partial charge in [0.05, 0.1) is 35.8 Å². The number of methoxy groups -OCH3 is 1. The van der Waals surface area contributed by atoms with Crippen LogP contribution in [0.4, 0.5) is 5.13 Å². The van der Waals surface area contributed by atoms with Gasteiger partial charge in [-0.3, -0.25) is 14.5 Å². The Balaban J connectivity index is 1.59. The summed E-state index contributed by atoms with van der Waals surface area (Å²) in [5.74, 6) is -0.353. The Hall–Kier alpha value is -3.55. The van der Waals surface area contributed by atoms with Crippen LogP contribution in [0.25, 0.3) is 10.2 Å². The molecule has 0 bridgehead atoms. The molecule has 0 fully saturated rings. The number of nitrogens with one attached hydrogen (secondary N) is 1. The minimum Gasteiger partial charge on any atom is -0.383 e. The molecule has 0 aliphatic heterocycles. The first-order chi connectivity index (χ1) is 16.2. The fourth-order valence-corrected chi connectivity index (χ4v) is 4.55. The van der Waals surface area contributed by atoms with Crippen molar-refractivity contribution in [2.45, 2.75) is 12.5 Å². The molecule has 0 radical (unpaired) electrons. The van der Waals surface area contributed by atoms with E-state index in [9.17, 15) is 9.59 Å². The number of thiazole rings is 1. The first-order valence-corrected chi connectivity index (χ1v) is 11.5. The van der Waals surface area contributed by atoms with Gasteiger partial charge in [0.2, 0.25) is 5.91 Å². The Morgan fingerprint density at radius 2 is 1.64 bits per heavy atom. The number of carbonyl (C=O) groups excluding carboxylic acids is 2. The van der Waals surface area contributed by atoms with Crippen LogP contribution in [0.2, 0.25) is 0 Å². The number of ether oxygens (including phenoxy) is 1. The lowest BCUT2D eigenvalue weighted by atomic mass is 10.0. The highest BCUT2D eigenvalue weighted by Gasteiger charge is 2.25. The average molecular weight is 460 g/mol. The monoisotopic (exact) mass is 459 g/mol. The van der Waals surface area contributed by atoms with Crippen LogP contribution in [0.5, 0.6) is 0 Å². The van der Waals surface area contributed by atoms with Crippen molar-refractivity contribution in [3.8, 4) is 0 Å². The van der Waals surface area contributed by atoms with Crippen LogP contribution in [0, 0.1) is 0 Å². The number of aromatic nitrogens is 1. The van der Waals surface area contributed by atoms with E-state index >= 15 is 0 Å². The Labute approximate surface area is 196 Å². The van der Waals surface area contributed by atoms with Crippen molar-refractivity contribution in [1.82, 2.24) is 10.3 Å². The highest BCUT2D eigenvalue weighted by Crippen LogP contribution is 2.30. The molecule has 1 aromatic heterocycles. The van der Waals surface area contributed by atoms with Gasteiger partial charge in [0.1, 0.15) is 0 Å². The minimum atomic E-state index is -0.481. The van der Waals surface area contributed by atoms with E-state index < -0.39 is 6.04 Å². The van der Waals surface area contributed by atoms with Crippen LogP contribution < -0.4 is 10.2 Å². The molecule has 6 nitrogen and oxygen atoms in total. The fraction of sp³-hybridized carbons (Fsp3) is 0.192. The number of hydrogen-bond donors (Lipinski definition) is 1. The van der Waals surface area contributed by atoms with Crippen LogP contribution in [0.15, 0.2) is 84.9 Å². The molecule has 4 aromatic rings. The van der Waals surface area contributed by atoms with Gasteiger partial charge in [-0.25, -0.2) is 4.98 Å². The fourth-order valence-electron chi connectivity index (χ4n) is 3.54. The molecule has 4 rings (SSSR count). The number of carbonyl (C=O) groups is 2. The van der Waals surface area contributed by atoms with E-state index in [2.05, 4.69) is 10.3 Å². The molecule has 7 heteroatoms. The zero-order valence-corrected chi connectivity index (χ0v) is 19.1. The highest BCUT2D eigenvalue weighted by atomic mass is 32.1. The van der Waals surface area contributed by atoms with E-state index in [4.69, 9.17) is 4.74 Å². The topological polar surface area (TPSA) is 71.5 Å². The Morgan fingerprint density at radius 1 is 0.970 bits per heavy atom. The molecule has 0 saturated heterocycles. The number of para-hydroxylation sites is 1. The van der Waals surface area contributed by atoms with E-state index in [-0.39, 0.29) is 18.2 Å². The van der Waals surface area contributed by atoms with Gasteiger partial charge in [-0.05, 0) is 29.8 Å². The van der Waals surface area contributed by atoms with E-state index in [1.54, 1.807) is 24.1 Å². The third kappa shape index (κ3) is 5.63. The quantitative estimate of drug-likeness (QED) is 0.389. The molecule has 1 atom stereocenters. The largest absolute Gasteiger partial charge is 0.383 e. The zero-order valence-electron chi connectivity index (χ0n) is 18.3. The maximum Gasteiger partial charge on any atom is 0.251 e. The molecule has 0 saturated carbocycles. The molecule has 0 aliphatic rings. The summed E-state index contributed by atoms with van der Waals surface area (Å²) in [4.78, 5) is 32.7. The van der Waals surface area contributed by atoms with E-state index in [1.165, 1.54) is 11.3 Å². The number of benzene rings is 3. The highest BCUT2D eigenvalue weighted by molar-refractivity contribution is 7.22. The summed E-state index contributed by atoms with van der Waals surface area (Å²) in [5.41, 5.74) is 2.27. The number of amides is 2. The van der Waals surface area contributed by atoms with E-state index in [0.717, 1.165) is 15.8 Å². The van der Waals surface area contributed by atoms with Gasteiger partial charge < -0.3 is 10.1 Å². The standard InChI is InChI=1S/C26H25N3O3S/c1-32-17-16-29(26-28-21-14-8-9-15-23(21)33-26)24(30)18-22(19-10-4-2-5-11-19)27-25(31)20-12-6-3-7-13-20/h2-15,22H,16-18H2,1H3,(H,27,31). The maximum atomic E-state index is 13.5. The normalized spacial score (nSPS) is 11.8. The van der Waals surface area contributed by atoms with Crippen molar-refractivity contribution in [3.05, 3.63) is 96.1 Å². The number of hydrogen-bond acceptors (Lipinski definition) is 5. The van der Waals surface area contributed by atoms with Crippen molar-refractivity contribution in [2.24, 2.45) is 0 Å². The number of rotatable bonds is 9. The second-order valence-corrected chi connectivity index (χ2v) is 8.52. The van der Waals surface area contributed by atoms with E-state index in [0.29, 0.717) is 23.8 Å². The molecule has 0 spiro atoms. The van der Waals surface area contributed by atoms with Gasteiger partial charge in [-0.15, -0.1) is 0 Å². The van der Waals surface area contributed by atoms with Gasteiger partial charge in [0, 0.05) is 12.7 Å². The molecule has 0 aliphatic carbocycles. The summed E-state index contributed by atoms with van der Waals surface area (Å²) in [7, 11) is 1.61. The predicted molar refractivity (Wildman–Crippen MR) is 132 cm³/mol. The van der Waals surface area contributed by atoms with Crippen LogP contribution in [0.1, 0.15) is 28.4 Å². The number of anilines is 1. The summed E-state index contributed by atoms with van der Waals surface area (Å²) in [6, 6.07) is 25.9. The first kappa shape index (κ1) is 22.6. The molecule has 1 unspecified atom stereocenters. The van der Waals surface area contributed by atoms with E-state index in [1.807, 2.05) is 72.8 Å². The van der Waals surface area contributed by atoms with Crippen LogP contribution in [-0.2, 0) is 9.53 Å². The van der Waals surface area contributed by atoms with Crippen LogP contribution >= 0.6 is 11.3 Å². The number of nitrogens with zero attached hydrogens (tertiary/aromatic N) is 2. The third-order valence-electron chi connectivity index (χ3n) is 5.26. The van der Waals surface area contributed by atoms with Gasteiger partial charge in [0.15, 0.2) is 5.13 Å². The molecule has 1 heterocycles. The van der Waals surface area contributed by atoms with Crippen molar-refractivity contribution in [2.75, 3.05) is 25.2 Å². The second kappa shape index (κ2) is 10.8. The smallest absolute Gasteiger partial charge is 0.251 e. The van der Waals surface area contributed by atoms with Crippen LogP contribution in [-0.4, -0.2) is 37.1 Å². The SMILES string of the molecule is COCCN(C(=O)CC(NC(=O)c1ccccc1)c1ccccc1)c1nc2ccccc2s1. The Bertz CT molecular complexity index is 1180. The summed E-state index contributed by atoms with van der Waals surface area (Å²) in [6.45, 7) is 0.761. The van der Waals surface area contributed by atoms with Crippen molar-refractivity contribution < 1.29 is 14.3 Å². The van der Waals surface area contributed by atoms with Gasteiger partial charge in [-0.2, -0.15) is 0 Å².